The zero-order valence-electron chi connectivity index (χ0n) is 14.3. The first-order chi connectivity index (χ1) is 11.3. The maximum atomic E-state index is 14.5. The monoisotopic (exact) mass is 345 g/mol. The van der Waals surface area contributed by atoms with E-state index < -0.39 is 11.5 Å². The van der Waals surface area contributed by atoms with E-state index in [2.05, 4.69) is 30.5 Å². The van der Waals surface area contributed by atoms with Gasteiger partial charge in [0.25, 0.3) is 0 Å². The van der Waals surface area contributed by atoms with Gasteiger partial charge < -0.3 is 5.73 Å². The van der Waals surface area contributed by atoms with Gasteiger partial charge in [-0.3, -0.25) is 4.72 Å². The molecule has 3 nitrogen and oxygen atoms in total. The fraction of sp³-hybridized carbons (Fsp3) is 0.421. The average molecular weight is 345 g/mol. The molecule has 1 saturated carbocycles. The third kappa shape index (κ3) is 3.97. The normalized spacial score (nSPS) is 17.5. The Kier molecular flexibility index (Phi) is 4.69. The van der Waals surface area contributed by atoms with Gasteiger partial charge >= 0.3 is 0 Å². The topological polar surface area (TPSA) is 50.9 Å². The van der Waals surface area contributed by atoms with E-state index in [1.807, 2.05) is 36.4 Å². The van der Waals surface area contributed by atoms with E-state index in [9.17, 15) is 4.39 Å². The van der Waals surface area contributed by atoms with Crippen LogP contribution in [-0.4, -0.2) is 9.73 Å². The van der Waals surface area contributed by atoms with E-state index in [0.29, 0.717) is 11.3 Å². The van der Waals surface area contributed by atoms with E-state index in [4.69, 9.17) is 5.73 Å². The molecule has 0 spiro atoms. The van der Waals surface area contributed by atoms with Crippen molar-refractivity contribution in [2.75, 3.05) is 0 Å². The van der Waals surface area contributed by atoms with Crippen molar-refractivity contribution in [3.8, 4) is 0 Å². The van der Waals surface area contributed by atoms with Gasteiger partial charge in [-0.25, -0.2) is 4.98 Å². The Bertz CT molecular complexity index is 708. The Morgan fingerprint density at radius 3 is 2.38 bits per heavy atom. The highest BCUT2D eigenvalue weighted by Gasteiger charge is 2.42. The highest BCUT2D eigenvalue weighted by Crippen LogP contribution is 2.43. The van der Waals surface area contributed by atoms with Crippen LogP contribution < -0.4 is 10.5 Å². The molecule has 0 bridgehead atoms. The van der Waals surface area contributed by atoms with Crippen molar-refractivity contribution in [2.24, 2.45) is 5.73 Å². The summed E-state index contributed by atoms with van der Waals surface area (Å²) in [6.45, 7) is 6.40. The van der Waals surface area contributed by atoms with Gasteiger partial charge in [0.15, 0.2) is 0 Å². The first-order valence-electron chi connectivity index (χ1n) is 8.23. The molecule has 3 rings (SSSR count). The number of hydrogen-bond donors (Lipinski definition) is 2. The molecule has 1 aromatic heterocycles. The molecule has 1 aromatic carbocycles. The van der Waals surface area contributed by atoms with Crippen molar-refractivity contribution in [1.29, 1.82) is 0 Å². The van der Waals surface area contributed by atoms with Crippen molar-refractivity contribution < 1.29 is 4.39 Å². The number of nitrogens with zero attached hydrogens (tertiary/aromatic N) is 1. The number of aromatic nitrogens is 1. The number of pyridine rings is 1. The van der Waals surface area contributed by atoms with Gasteiger partial charge in [0.2, 0.25) is 5.95 Å². The standard InChI is InChI=1S/C19H24FN3S/c1-18(2,3)24-23-16(13-7-5-4-6-8-13)15-10-9-14(17(20)22-15)19(21)11-12-19/h4-10,16,23H,11-12,21H2,1-3H3. The summed E-state index contributed by atoms with van der Waals surface area (Å²) in [5.41, 5.74) is 7.87. The third-order valence-electron chi connectivity index (χ3n) is 4.11. The van der Waals surface area contributed by atoms with E-state index in [0.717, 1.165) is 18.4 Å². The molecule has 0 aliphatic heterocycles. The van der Waals surface area contributed by atoms with Gasteiger partial charge in [0.05, 0.1) is 11.7 Å². The lowest BCUT2D eigenvalue weighted by Crippen LogP contribution is -2.25. The molecule has 1 heterocycles. The lowest BCUT2D eigenvalue weighted by molar-refractivity contribution is 0.530. The molecule has 128 valence electrons. The second-order valence-corrected chi connectivity index (χ2v) is 9.07. The maximum Gasteiger partial charge on any atom is 0.218 e. The molecule has 1 atom stereocenters. The fourth-order valence-corrected chi connectivity index (χ4v) is 3.29. The summed E-state index contributed by atoms with van der Waals surface area (Å²) in [6, 6.07) is 13.5. The molecular formula is C19H24FN3S. The third-order valence-corrected chi connectivity index (χ3v) is 5.07. The first kappa shape index (κ1) is 17.4. The predicted molar refractivity (Wildman–Crippen MR) is 98.1 cm³/mol. The summed E-state index contributed by atoms with van der Waals surface area (Å²) in [7, 11) is 0. The van der Waals surface area contributed by atoms with E-state index >= 15 is 0 Å². The lowest BCUT2D eigenvalue weighted by Gasteiger charge is -2.24. The Hall–Kier alpha value is -1.43. The molecule has 3 N–H and O–H groups in total. The molecule has 24 heavy (non-hydrogen) atoms. The van der Waals surface area contributed by atoms with Crippen molar-refractivity contribution in [2.45, 2.75) is 49.9 Å². The molecule has 5 heteroatoms. The minimum absolute atomic E-state index is 0.0425. The summed E-state index contributed by atoms with van der Waals surface area (Å²) >= 11 is 1.62. The van der Waals surface area contributed by atoms with E-state index in [1.165, 1.54) is 0 Å². The van der Waals surface area contributed by atoms with Crippen LogP contribution in [0.15, 0.2) is 42.5 Å². The van der Waals surface area contributed by atoms with Gasteiger partial charge in [-0.2, -0.15) is 4.39 Å². The zero-order chi connectivity index (χ0) is 17.4. The van der Waals surface area contributed by atoms with Crippen LogP contribution in [0.3, 0.4) is 0 Å². The van der Waals surface area contributed by atoms with Crippen LogP contribution >= 0.6 is 11.9 Å². The fourth-order valence-electron chi connectivity index (χ4n) is 2.56. The Labute approximate surface area is 147 Å². The van der Waals surface area contributed by atoms with E-state index in [-0.39, 0.29) is 10.8 Å². The van der Waals surface area contributed by atoms with Crippen LogP contribution in [0.1, 0.15) is 56.5 Å². The number of nitrogens with one attached hydrogen (secondary N) is 1. The van der Waals surface area contributed by atoms with Crippen LogP contribution in [0.4, 0.5) is 4.39 Å². The van der Waals surface area contributed by atoms with Crippen LogP contribution in [-0.2, 0) is 5.54 Å². The van der Waals surface area contributed by atoms with Crippen molar-refractivity contribution in [1.82, 2.24) is 9.71 Å². The van der Waals surface area contributed by atoms with Crippen LogP contribution in [0, 0.1) is 5.95 Å². The van der Waals surface area contributed by atoms with Gasteiger partial charge in [0, 0.05) is 15.8 Å². The van der Waals surface area contributed by atoms with Gasteiger partial charge in [-0.1, -0.05) is 48.3 Å². The largest absolute Gasteiger partial charge is 0.321 e. The molecule has 1 fully saturated rings. The highest BCUT2D eigenvalue weighted by atomic mass is 32.2. The SMILES string of the molecule is CC(C)(C)SNC(c1ccccc1)c1ccc(C2(N)CC2)c(F)n1. The molecule has 1 unspecified atom stereocenters. The quantitative estimate of drug-likeness (QED) is 0.627. The van der Waals surface area contributed by atoms with Crippen molar-refractivity contribution >= 4 is 11.9 Å². The van der Waals surface area contributed by atoms with Gasteiger partial charge in [-0.05, 0) is 45.2 Å². The van der Waals surface area contributed by atoms with Gasteiger partial charge in [-0.15, -0.1) is 0 Å². The number of rotatable bonds is 5. The van der Waals surface area contributed by atoms with Crippen LogP contribution in [0.5, 0.6) is 0 Å². The van der Waals surface area contributed by atoms with Crippen LogP contribution in [0.2, 0.25) is 0 Å². The smallest absolute Gasteiger partial charge is 0.218 e. The maximum absolute atomic E-state index is 14.5. The lowest BCUT2D eigenvalue weighted by atomic mass is 10.0. The van der Waals surface area contributed by atoms with Crippen molar-refractivity contribution in [3.05, 3.63) is 65.2 Å². The summed E-state index contributed by atoms with van der Waals surface area (Å²) in [6.07, 6.45) is 1.65. The number of halogens is 1. The summed E-state index contributed by atoms with van der Waals surface area (Å²) < 4.78 is 18.0. The Morgan fingerprint density at radius 1 is 1.17 bits per heavy atom. The summed E-state index contributed by atoms with van der Waals surface area (Å²) in [5, 5.41) is 0. The van der Waals surface area contributed by atoms with Gasteiger partial charge in [0.1, 0.15) is 0 Å². The van der Waals surface area contributed by atoms with E-state index in [1.54, 1.807) is 18.0 Å². The second kappa shape index (κ2) is 6.47. The molecular weight excluding hydrogens is 321 g/mol. The molecule has 1 aliphatic rings. The molecule has 1 aliphatic carbocycles. The Balaban J connectivity index is 1.91. The molecule has 0 amide bonds. The van der Waals surface area contributed by atoms with Crippen LogP contribution in [0.25, 0.3) is 0 Å². The number of hydrogen-bond acceptors (Lipinski definition) is 4. The number of benzene rings is 1. The highest BCUT2D eigenvalue weighted by molar-refractivity contribution is 7.98. The molecule has 0 radical (unpaired) electrons. The number of nitrogens with two attached hydrogens (primary N) is 1. The molecule has 2 aromatic rings. The molecule has 0 saturated heterocycles. The second-order valence-electron chi connectivity index (χ2n) is 7.41. The minimum atomic E-state index is -0.508. The summed E-state index contributed by atoms with van der Waals surface area (Å²) in [5.74, 6) is -0.448. The minimum Gasteiger partial charge on any atom is -0.321 e. The predicted octanol–water partition coefficient (Wildman–Crippen LogP) is 4.29. The first-order valence-corrected chi connectivity index (χ1v) is 9.04. The zero-order valence-corrected chi connectivity index (χ0v) is 15.2. The summed E-state index contributed by atoms with van der Waals surface area (Å²) in [4.78, 5) is 4.23. The van der Waals surface area contributed by atoms with Crippen molar-refractivity contribution in [3.63, 3.8) is 0 Å². The average Bonchev–Trinajstić information content (AvgIpc) is 3.26. The Morgan fingerprint density at radius 2 is 1.83 bits per heavy atom.